The van der Waals surface area contributed by atoms with Crippen molar-refractivity contribution in [2.45, 2.75) is 46.1 Å². The van der Waals surface area contributed by atoms with Gasteiger partial charge in [-0.2, -0.15) is 0 Å². The van der Waals surface area contributed by atoms with Crippen molar-refractivity contribution in [2.24, 2.45) is 0 Å². The van der Waals surface area contributed by atoms with E-state index in [2.05, 4.69) is 12.2 Å². The van der Waals surface area contributed by atoms with E-state index >= 15 is 0 Å². The summed E-state index contributed by atoms with van der Waals surface area (Å²) in [4.78, 5) is 0. The van der Waals surface area contributed by atoms with E-state index in [0.29, 0.717) is 6.10 Å². The first-order valence-corrected chi connectivity index (χ1v) is 5.26. The van der Waals surface area contributed by atoms with E-state index in [9.17, 15) is 0 Å². The number of rotatable bonds is 4. The first-order chi connectivity index (χ1) is 5.93. The lowest BCUT2D eigenvalue weighted by Gasteiger charge is -2.08. The predicted octanol–water partition coefficient (Wildman–Crippen LogP) is 2.44. The average molecular weight is 175 g/mol. The first-order valence-electron chi connectivity index (χ1n) is 5.26. The molecule has 2 nitrogen and oxygen atoms in total. The Hall–Kier alpha value is -0.0800. The molecule has 0 aliphatic carbocycles. The zero-order valence-electron chi connectivity index (χ0n) is 8.73. The highest BCUT2D eigenvalue weighted by molar-refractivity contribution is 4.66. The molecule has 0 spiro atoms. The molecule has 0 radical (unpaired) electrons. The summed E-state index contributed by atoms with van der Waals surface area (Å²) >= 11 is 0. The summed E-state index contributed by atoms with van der Waals surface area (Å²) in [5.41, 5.74) is 0. The second-order valence-electron chi connectivity index (χ2n) is 2.84. The van der Waals surface area contributed by atoms with Crippen molar-refractivity contribution >= 4 is 0 Å². The summed E-state index contributed by atoms with van der Waals surface area (Å²) in [5, 5.41) is 3.35. The van der Waals surface area contributed by atoms with Gasteiger partial charge in [-0.25, -0.2) is 0 Å². The second-order valence-corrected chi connectivity index (χ2v) is 2.84. The molecule has 0 aromatic rings. The van der Waals surface area contributed by atoms with Gasteiger partial charge in [0.25, 0.3) is 0 Å². The van der Waals surface area contributed by atoms with E-state index in [1.165, 1.54) is 19.3 Å². The van der Waals surface area contributed by atoms with Crippen LogP contribution in [0.15, 0.2) is 0 Å². The van der Waals surface area contributed by atoms with Crippen LogP contribution >= 0.6 is 0 Å². The molecule has 0 saturated carbocycles. The zero-order chi connectivity index (χ0) is 9.23. The summed E-state index contributed by atoms with van der Waals surface area (Å²) in [6, 6.07) is 0. The smallest absolute Gasteiger partial charge is 0.0700 e. The molecule has 0 unspecified atom stereocenters. The predicted molar refractivity (Wildman–Crippen MR) is 55.6 cm³/mol. The molecule has 76 valence electrons. The minimum atomic E-state index is 0. The Morgan fingerprint density at radius 1 is 1.50 bits per heavy atom. The van der Waals surface area contributed by atoms with Gasteiger partial charge in [0, 0.05) is 14.6 Å². The number of nitrogens with one attached hydrogen (secondary N) is 1. The van der Waals surface area contributed by atoms with Crippen molar-refractivity contribution in [1.29, 1.82) is 0 Å². The van der Waals surface area contributed by atoms with E-state index in [1.54, 1.807) is 0 Å². The van der Waals surface area contributed by atoms with Gasteiger partial charge in [-0.1, -0.05) is 20.8 Å². The van der Waals surface area contributed by atoms with Gasteiger partial charge in [0.2, 0.25) is 0 Å². The van der Waals surface area contributed by atoms with Crippen LogP contribution in [0.3, 0.4) is 0 Å². The monoisotopic (exact) mass is 175 g/mol. The Morgan fingerprint density at radius 3 is 2.75 bits per heavy atom. The minimum absolute atomic E-state index is 0. The molecule has 2 heteroatoms. The highest BCUT2D eigenvalue weighted by Gasteiger charge is 2.13. The molecule has 1 saturated heterocycles. The lowest BCUT2D eigenvalue weighted by molar-refractivity contribution is 0.110. The van der Waals surface area contributed by atoms with Crippen molar-refractivity contribution < 1.29 is 6.16 Å². The molecule has 12 heavy (non-hydrogen) atoms. The molecular weight excluding hydrogens is 150 g/mol. The van der Waals surface area contributed by atoms with E-state index < -0.39 is 0 Å². The van der Waals surface area contributed by atoms with Gasteiger partial charge in [-0.3, -0.25) is 0 Å². The molecule has 0 amide bonds. The van der Waals surface area contributed by atoms with Gasteiger partial charge in [0.15, 0.2) is 0 Å². The summed E-state index contributed by atoms with van der Waals surface area (Å²) in [6.45, 7) is 9.33. The lowest BCUT2D eigenvalue weighted by Crippen LogP contribution is -2.26. The van der Waals surface area contributed by atoms with Crippen molar-refractivity contribution in [3.8, 4) is 0 Å². The molecule has 0 aromatic heterocycles. The van der Waals surface area contributed by atoms with Crippen molar-refractivity contribution in [1.82, 2.24) is 5.32 Å². The normalized spacial score (nSPS) is 21.8. The van der Waals surface area contributed by atoms with Crippen LogP contribution < -0.4 is 5.32 Å². The van der Waals surface area contributed by atoms with Crippen molar-refractivity contribution in [2.75, 3.05) is 19.7 Å². The summed E-state index contributed by atoms with van der Waals surface area (Å²) in [7, 11) is 0. The standard InChI is InChI=1S/C8H17NO.C2H6.H2/c1-2-5-9-7-8-4-3-6-10-8;1-2;/h8-9H,2-7H2,1H3;1-2H3;1H/t8-;;/m0../s1. The number of ether oxygens (including phenoxy) is 1. The van der Waals surface area contributed by atoms with E-state index in [1.807, 2.05) is 13.8 Å². The Morgan fingerprint density at radius 2 is 2.25 bits per heavy atom. The second kappa shape index (κ2) is 9.01. The van der Waals surface area contributed by atoms with E-state index in [0.717, 1.165) is 19.7 Å². The van der Waals surface area contributed by atoms with Crippen molar-refractivity contribution in [3.63, 3.8) is 0 Å². The van der Waals surface area contributed by atoms with Crippen LogP contribution in [0.25, 0.3) is 0 Å². The fourth-order valence-electron chi connectivity index (χ4n) is 1.25. The molecule has 0 bridgehead atoms. The summed E-state index contributed by atoms with van der Waals surface area (Å²) < 4.78 is 5.44. The molecule has 1 fully saturated rings. The maximum atomic E-state index is 5.44. The SMILES string of the molecule is CC.CCCNC[C@@H]1CCCO1.[HH]. The highest BCUT2D eigenvalue weighted by Crippen LogP contribution is 2.10. The van der Waals surface area contributed by atoms with Crippen LogP contribution in [0.4, 0.5) is 0 Å². The quantitative estimate of drug-likeness (QED) is 0.663. The topological polar surface area (TPSA) is 21.3 Å². The van der Waals surface area contributed by atoms with Gasteiger partial charge in [0.1, 0.15) is 0 Å². The van der Waals surface area contributed by atoms with Crippen LogP contribution in [0.2, 0.25) is 0 Å². The lowest BCUT2D eigenvalue weighted by atomic mass is 10.2. The van der Waals surface area contributed by atoms with Gasteiger partial charge in [-0.05, 0) is 25.8 Å². The molecule has 1 atom stereocenters. The van der Waals surface area contributed by atoms with Crippen LogP contribution in [0.5, 0.6) is 0 Å². The zero-order valence-corrected chi connectivity index (χ0v) is 8.73. The largest absolute Gasteiger partial charge is 0.377 e. The van der Waals surface area contributed by atoms with Crippen LogP contribution in [0.1, 0.15) is 41.5 Å². The van der Waals surface area contributed by atoms with Crippen LogP contribution in [-0.4, -0.2) is 25.8 Å². The van der Waals surface area contributed by atoms with Crippen molar-refractivity contribution in [3.05, 3.63) is 0 Å². The van der Waals surface area contributed by atoms with Crippen LogP contribution in [0, 0.1) is 0 Å². The van der Waals surface area contributed by atoms with Crippen LogP contribution in [-0.2, 0) is 4.74 Å². The number of hydrogen-bond donors (Lipinski definition) is 1. The molecule has 1 rings (SSSR count). The Balaban J connectivity index is 0. The Bertz CT molecular complexity index is 85.0. The average Bonchev–Trinajstić information content (AvgIpc) is 2.61. The highest BCUT2D eigenvalue weighted by atomic mass is 16.5. The fraction of sp³-hybridized carbons (Fsp3) is 1.00. The molecule has 1 N–H and O–H groups in total. The molecular formula is C10H25NO. The third kappa shape index (κ3) is 5.56. The van der Waals surface area contributed by atoms with E-state index in [-0.39, 0.29) is 1.43 Å². The van der Waals surface area contributed by atoms with E-state index in [4.69, 9.17) is 4.74 Å². The van der Waals surface area contributed by atoms with Gasteiger partial charge >= 0.3 is 0 Å². The number of hydrogen-bond acceptors (Lipinski definition) is 2. The molecule has 1 heterocycles. The van der Waals surface area contributed by atoms with Gasteiger partial charge in [0.05, 0.1) is 6.10 Å². The molecule has 1 aliphatic heterocycles. The summed E-state index contributed by atoms with van der Waals surface area (Å²) in [5.74, 6) is 0. The molecule has 0 aromatic carbocycles. The minimum Gasteiger partial charge on any atom is -0.377 e. The fourth-order valence-corrected chi connectivity index (χ4v) is 1.25. The first kappa shape index (κ1) is 11.9. The van der Waals surface area contributed by atoms with Gasteiger partial charge < -0.3 is 10.1 Å². The van der Waals surface area contributed by atoms with Gasteiger partial charge in [-0.15, -0.1) is 0 Å². The third-order valence-corrected chi connectivity index (χ3v) is 1.82. The summed E-state index contributed by atoms with van der Waals surface area (Å²) in [6.07, 6.45) is 4.22. The maximum absolute atomic E-state index is 5.44. The Kier molecular flexibility index (Phi) is 8.95. The molecule has 1 aliphatic rings. The maximum Gasteiger partial charge on any atom is 0.0700 e. The third-order valence-electron chi connectivity index (χ3n) is 1.82. The Labute approximate surface area is 78.2 Å².